The smallest absolute Gasteiger partial charge is 0.0735 e. The second kappa shape index (κ2) is 3.00. The first-order chi connectivity index (χ1) is 5.67. The molecule has 12 heavy (non-hydrogen) atoms. The van der Waals surface area contributed by atoms with E-state index in [-0.39, 0.29) is 5.60 Å². The molecule has 0 aromatic heterocycles. The van der Waals surface area contributed by atoms with Gasteiger partial charge in [-0.2, -0.15) is 0 Å². The Morgan fingerprint density at radius 3 is 3.00 bits per heavy atom. The van der Waals surface area contributed by atoms with Crippen LogP contribution in [-0.4, -0.2) is 24.3 Å². The van der Waals surface area contributed by atoms with E-state index in [1.807, 2.05) is 0 Å². The molecule has 0 amide bonds. The molecule has 2 heterocycles. The number of piperidine rings is 1. The second-order valence-electron chi connectivity index (χ2n) is 4.66. The Balaban J connectivity index is 1.99. The van der Waals surface area contributed by atoms with Gasteiger partial charge >= 0.3 is 0 Å². The molecule has 0 spiro atoms. The SMILES string of the molecule is CC1(C)CC[C@H]2NCCC[C@H]2O1. The standard InChI is InChI=1S/C10H19NO/c1-10(2)6-5-8-9(12-10)4-3-7-11-8/h8-9,11H,3-7H2,1-2H3/t8-,9-/m1/s1. The summed E-state index contributed by atoms with van der Waals surface area (Å²) in [5.41, 5.74) is 0.125. The molecular weight excluding hydrogens is 150 g/mol. The van der Waals surface area contributed by atoms with Crippen molar-refractivity contribution in [2.24, 2.45) is 0 Å². The zero-order chi connectivity index (χ0) is 8.60. The molecule has 2 aliphatic rings. The summed E-state index contributed by atoms with van der Waals surface area (Å²) in [5.74, 6) is 0. The lowest BCUT2D eigenvalue weighted by Crippen LogP contribution is -2.53. The highest BCUT2D eigenvalue weighted by atomic mass is 16.5. The van der Waals surface area contributed by atoms with Gasteiger partial charge in [0.2, 0.25) is 0 Å². The molecule has 2 atom stereocenters. The number of ether oxygens (including phenoxy) is 1. The van der Waals surface area contributed by atoms with Gasteiger partial charge in [-0.15, -0.1) is 0 Å². The molecule has 0 radical (unpaired) electrons. The van der Waals surface area contributed by atoms with E-state index in [4.69, 9.17) is 4.74 Å². The lowest BCUT2D eigenvalue weighted by atomic mass is 9.88. The van der Waals surface area contributed by atoms with Gasteiger partial charge in [0.1, 0.15) is 0 Å². The van der Waals surface area contributed by atoms with Gasteiger partial charge < -0.3 is 10.1 Å². The highest BCUT2D eigenvalue weighted by Gasteiger charge is 2.36. The average molecular weight is 169 g/mol. The highest BCUT2D eigenvalue weighted by molar-refractivity contribution is 4.90. The fraction of sp³-hybridized carbons (Fsp3) is 1.00. The van der Waals surface area contributed by atoms with E-state index in [1.165, 1.54) is 32.2 Å². The van der Waals surface area contributed by atoms with Crippen LogP contribution >= 0.6 is 0 Å². The van der Waals surface area contributed by atoms with E-state index in [1.54, 1.807) is 0 Å². The topological polar surface area (TPSA) is 21.3 Å². The summed E-state index contributed by atoms with van der Waals surface area (Å²) in [6.45, 7) is 5.60. The first kappa shape index (κ1) is 8.52. The predicted octanol–water partition coefficient (Wildman–Crippen LogP) is 1.70. The molecule has 0 aliphatic carbocycles. The van der Waals surface area contributed by atoms with Crippen molar-refractivity contribution in [2.45, 2.75) is 57.3 Å². The van der Waals surface area contributed by atoms with Gasteiger partial charge in [0.05, 0.1) is 11.7 Å². The van der Waals surface area contributed by atoms with Gasteiger partial charge in [-0.05, 0) is 46.1 Å². The summed E-state index contributed by atoms with van der Waals surface area (Å²) < 4.78 is 6.02. The zero-order valence-corrected chi connectivity index (χ0v) is 8.10. The van der Waals surface area contributed by atoms with Gasteiger partial charge in [-0.1, -0.05) is 0 Å². The van der Waals surface area contributed by atoms with Crippen molar-refractivity contribution in [2.75, 3.05) is 6.54 Å². The van der Waals surface area contributed by atoms with Crippen LogP contribution in [0.2, 0.25) is 0 Å². The maximum Gasteiger partial charge on any atom is 0.0735 e. The molecule has 2 rings (SSSR count). The molecule has 0 aromatic rings. The Bertz CT molecular complexity index is 167. The third-order valence-corrected chi connectivity index (χ3v) is 3.05. The van der Waals surface area contributed by atoms with E-state index in [2.05, 4.69) is 19.2 Å². The largest absolute Gasteiger partial charge is 0.371 e. The number of rotatable bonds is 0. The van der Waals surface area contributed by atoms with Crippen molar-refractivity contribution in [3.8, 4) is 0 Å². The van der Waals surface area contributed by atoms with Gasteiger partial charge in [0, 0.05) is 6.04 Å². The fourth-order valence-corrected chi connectivity index (χ4v) is 2.32. The monoisotopic (exact) mass is 169 g/mol. The maximum absolute atomic E-state index is 6.02. The van der Waals surface area contributed by atoms with E-state index in [9.17, 15) is 0 Å². The first-order valence-corrected chi connectivity index (χ1v) is 5.09. The quantitative estimate of drug-likeness (QED) is 0.596. The molecule has 70 valence electrons. The summed E-state index contributed by atoms with van der Waals surface area (Å²) >= 11 is 0. The van der Waals surface area contributed by atoms with Gasteiger partial charge in [0.15, 0.2) is 0 Å². The molecule has 0 unspecified atom stereocenters. The summed E-state index contributed by atoms with van der Waals surface area (Å²) in [6, 6.07) is 0.645. The number of hydrogen-bond acceptors (Lipinski definition) is 2. The van der Waals surface area contributed by atoms with Gasteiger partial charge in [-0.3, -0.25) is 0 Å². The van der Waals surface area contributed by atoms with Crippen molar-refractivity contribution in [1.82, 2.24) is 5.32 Å². The lowest BCUT2D eigenvalue weighted by Gasteiger charge is -2.44. The molecule has 2 saturated heterocycles. The maximum atomic E-state index is 6.02. The summed E-state index contributed by atoms with van der Waals surface area (Å²) in [7, 11) is 0. The minimum Gasteiger partial charge on any atom is -0.371 e. The van der Waals surface area contributed by atoms with E-state index >= 15 is 0 Å². The molecule has 1 N–H and O–H groups in total. The molecular formula is C10H19NO. The van der Waals surface area contributed by atoms with Gasteiger partial charge in [0.25, 0.3) is 0 Å². The second-order valence-corrected chi connectivity index (χ2v) is 4.66. The van der Waals surface area contributed by atoms with Crippen LogP contribution in [0.3, 0.4) is 0 Å². The van der Waals surface area contributed by atoms with Crippen molar-refractivity contribution in [3.63, 3.8) is 0 Å². The number of nitrogens with one attached hydrogen (secondary N) is 1. The minimum atomic E-state index is 0.125. The lowest BCUT2D eigenvalue weighted by molar-refractivity contribution is -0.130. The van der Waals surface area contributed by atoms with Crippen LogP contribution in [0.1, 0.15) is 39.5 Å². The van der Waals surface area contributed by atoms with Crippen LogP contribution < -0.4 is 5.32 Å². The predicted molar refractivity (Wildman–Crippen MR) is 49.2 cm³/mol. The van der Waals surface area contributed by atoms with Crippen LogP contribution in [0.5, 0.6) is 0 Å². The third-order valence-electron chi connectivity index (χ3n) is 3.05. The van der Waals surface area contributed by atoms with Crippen LogP contribution in [-0.2, 0) is 4.74 Å². The van der Waals surface area contributed by atoms with Crippen LogP contribution in [0.25, 0.3) is 0 Å². The number of hydrogen-bond donors (Lipinski definition) is 1. The van der Waals surface area contributed by atoms with Crippen molar-refractivity contribution in [1.29, 1.82) is 0 Å². The van der Waals surface area contributed by atoms with Gasteiger partial charge in [-0.25, -0.2) is 0 Å². The highest BCUT2D eigenvalue weighted by Crippen LogP contribution is 2.31. The van der Waals surface area contributed by atoms with Crippen molar-refractivity contribution < 1.29 is 4.74 Å². The van der Waals surface area contributed by atoms with E-state index < -0.39 is 0 Å². The summed E-state index contributed by atoms with van der Waals surface area (Å²) in [6.07, 6.45) is 5.50. The number of fused-ring (bicyclic) bond motifs is 1. The van der Waals surface area contributed by atoms with Crippen LogP contribution in [0, 0.1) is 0 Å². The Hall–Kier alpha value is -0.0800. The van der Waals surface area contributed by atoms with Crippen LogP contribution in [0.4, 0.5) is 0 Å². The minimum absolute atomic E-state index is 0.125. The molecule has 0 saturated carbocycles. The Labute approximate surface area is 74.7 Å². The zero-order valence-electron chi connectivity index (χ0n) is 8.10. The van der Waals surface area contributed by atoms with E-state index in [0.29, 0.717) is 12.1 Å². The molecule has 0 bridgehead atoms. The first-order valence-electron chi connectivity index (χ1n) is 5.09. The third kappa shape index (κ3) is 1.64. The fourth-order valence-electron chi connectivity index (χ4n) is 2.32. The Kier molecular flexibility index (Phi) is 2.13. The molecule has 2 aliphatic heterocycles. The Morgan fingerprint density at radius 2 is 2.17 bits per heavy atom. The average Bonchev–Trinajstić information content (AvgIpc) is 2.02. The Morgan fingerprint density at radius 1 is 1.33 bits per heavy atom. The van der Waals surface area contributed by atoms with Crippen LogP contribution in [0.15, 0.2) is 0 Å². The molecule has 2 nitrogen and oxygen atoms in total. The normalized spacial score (nSPS) is 40.5. The summed E-state index contributed by atoms with van der Waals surface area (Å²) in [4.78, 5) is 0. The molecule has 2 heteroatoms. The summed E-state index contributed by atoms with van der Waals surface area (Å²) in [5, 5.41) is 3.53. The molecule has 2 fully saturated rings. The van der Waals surface area contributed by atoms with E-state index in [0.717, 1.165) is 0 Å². The van der Waals surface area contributed by atoms with Crippen molar-refractivity contribution >= 4 is 0 Å². The molecule has 0 aromatic carbocycles. The van der Waals surface area contributed by atoms with Crippen molar-refractivity contribution in [3.05, 3.63) is 0 Å².